The summed E-state index contributed by atoms with van der Waals surface area (Å²) in [6, 6.07) is 6.26. The highest BCUT2D eigenvalue weighted by Crippen LogP contribution is 2.20. The molecular weight excluding hydrogens is 264 g/mol. The van der Waals surface area contributed by atoms with Gasteiger partial charge in [-0.3, -0.25) is 9.78 Å². The van der Waals surface area contributed by atoms with Crippen molar-refractivity contribution in [3.8, 4) is 0 Å². The Morgan fingerprint density at radius 2 is 2.14 bits per heavy atom. The Bertz CT molecular complexity index is 453. The van der Waals surface area contributed by atoms with Gasteiger partial charge >= 0.3 is 0 Å². The highest BCUT2D eigenvalue weighted by molar-refractivity contribution is 5.80. The molecule has 0 saturated carbocycles. The summed E-state index contributed by atoms with van der Waals surface area (Å²) in [5.74, 6) is 0.455. The fraction of sp³-hybridized carbons (Fsp3) is 0.625. The SMILES string of the molecule is O=C(C1CNC1)N(Cc1ccccn1)C1CCCNCC1. The van der Waals surface area contributed by atoms with Crippen LogP contribution in [0, 0.1) is 5.92 Å². The molecule has 0 radical (unpaired) electrons. The number of rotatable bonds is 4. The predicted molar refractivity (Wildman–Crippen MR) is 81.7 cm³/mol. The van der Waals surface area contributed by atoms with Crippen LogP contribution in [0.3, 0.4) is 0 Å². The van der Waals surface area contributed by atoms with Crippen molar-refractivity contribution in [2.24, 2.45) is 5.92 Å². The number of nitrogens with one attached hydrogen (secondary N) is 2. The van der Waals surface area contributed by atoms with Crippen LogP contribution in [0.1, 0.15) is 25.0 Å². The van der Waals surface area contributed by atoms with Gasteiger partial charge in [-0.05, 0) is 44.5 Å². The quantitative estimate of drug-likeness (QED) is 0.859. The van der Waals surface area contributed by atoms with E-state index in [9.17, 15) is 4.79 Å². The molecule has 3 heterocycles. The highest BCUT2D eigenvalue weighted by atomic mass is 16.2. The molecule has 2 N–H and O–H groups in total. The zero-order chi connectivity index (χ0) is 14.5. The van der Waals surface area contributed by atoms with E-state index < -0.39 is 0 Å². The topological polar surface area (TPSA) is 57.3 Å². The monoisotopic (exact) mass is 288 g/mol. The van der Waals surface area contributed by atoms with Crippen LogP contribution in [-0.4, -0.2) is 48.0 Å². The Kier molecular flexibility index (Phi) is 4.83. The van der Waals surface area contributed by atoms with E-state index in [1.807, 2.05) is 18.2 Å². The smallest absolute Gasteiger partial charge is 0.228 e. The van der Waals surface area contributed by atoms with E-state index >= 15 is 0 Å². The van der Waals surface area contributed by atoms with E-state index in [-0.39, 0.29) is 5.92 Å². The van der Waals surface area contributed by atoms with Gasteiger partial charge in [0.2, 0.25) is 5.91 Å². The molecule has 21 heavy (non-hydrogen) atoms. The van der Waals surface area contributed by atoms with Crippen molar-refractivity contribution in [2.45, 2.75) is 31.8 Å². The van der Waals surface area contributed by atoms with Gasteiger partial charge in [0.25, 0.3) is 0 Å². The van der Waals surface area contributed by atoms with E-state index in [4.69, 9.17) is 0 Å². The molecule has 5 nitrogen and oxygen atoms in total. The first-order chi connectivity index (χ1) is 10.3. The van der Waals surface area contributed by atoms with Crippen LogP contribution in [0.2, 0.25) is 0 Å². The molecule has 114 valence electrons. The summed E-state index contributed by atoms with van der Waals surface area (Å²) < 4.78 is 0. The second-order valence-electron chi connectivity index (χ2n) is 5.98. The molecule has 0 aliphatic carbocycles. The molecule has 1 amide bonds. The van der Waals surface area contributed by atoms with Gasteiger partial charge in [0.15, 0.2) is 0 Å². The van der Waals surface area contributed by atoms with E-state index in [2.05, 4.69) is 20.5 Å². The maximum absolute atomic E-state index is 12.8. The molecular formula is C16H24N4O. The first-order valence-corrected chi connectivity index (χ1v) is 7.96. The number of nitrogens with zero attached hydrogens (tertiary/aromatic N) is 2. The molecule has 2 saturated heterocycles. The maximum Gasteiger partial charge on any atom is 0.228 e. The van der Waals surface area contributed by atoms with Crippen molar-refractivity contribution in [3.05, 3.63) is 30.1 Å². The molecule has 2 aliphatic heterocycles. The molecule has 1 aromatic heterocycles. The van der Waals surface area contributed by atoms with Crippen molar-refractivity contribution in [3.63, 3.8) is 0 Å². The Morgan fingerprint density at radius 1 is 1.24 bits per heavy atom. The second kappa shape index (κ2) is 7.00. The van der Waals surface area contributed by atoms with Gasteiger partial charge in [0, 0.05) is 25.3 Å². The lowest BCUT2D eigenvalue weighted by molar-refractivity contribution is -0.140. The maximum atomic E-state index is 12.8. The Labute approximate surface area is 126 Å². The Balaban J connectivity index is 1.74. The average molecular weight is 288 g/mol. The van der Waals surface area contributed by atoms with E-state index in [0.717, 1.165) is 51.1 Å². The van der Waals surface area contributed by atoms with Gasteiger partial charge < -0.3 is 15.5 Å². The molecule has 2 aliphatic rings. The summed E-state index contributed by atoms with van der Waals surface area (Å²) in [4.78, 5) is 19.3. The molecule has 1 aromatic rings. The standard InChI is InChI=1S/C16H24N4O/c21-16(13-10-18-11-13)20(12-14-4-1-2-8-19-14)15-5-3-7-17-9-6-15/h1-2,4,8,13,15,17-18H,3,5-7,9-12H2. The highest BCUT2D eigenvalue weighted by Gasteiger charge is 2.33. The first kappa shape index (κ1) is 14.5. The third-order valence-electron chi connectivity index (χ3n) is 4.46. The lowest BCUT2D eigenvalue weighted by Gasteiger charge is -2.37. The minimum absolute atomic E-state index is 0.157. The van der Waals surface area contributed by atoms with Crippen LogP contribution >= 0.6 is 0 Å². The molecule has 5 heteroatoms. The molecule has 1 unspecified atom stereocenters. The Hall–Kier alpha value is -1.46. The number of carbonyl (C=O) groups is 1. The van der Waals surface area contributed by atoms with Gasteiger partial charge in [-0.15, -0.1) is 0 Å². The van der Waals surface area contributed by atoms with Gasteiger partial charge in [0.05, 0.1) is 18.2 Å². The number of hydrogen-bond donors (Lipinski definition) is 2. The molecule has 2 fully saturated rings. The van der Waals surface area contributed by atoms with E-state index in [0.29, 0.717) is 18.5 Å². The summed E-state index contributed by atoms with van der Waals surface area (Å²) in [5, 5.41) is 6.63. The van der Waals surface area contributed by atoms with Gasteiger partial charge in [-0.25, -0.2) is 0 Å². The lowest BCUT2D eigenvalue weighted by Crippen LogP contribution is -2.54. The average Bonchev–Trinajstić information content (AvgIpc) is 2.73. The minimum Gasteiger partial charge on any atom is -0.333 e. The van der Waals surface area contributed by atoms with Gasteiger partial charge in [0.1, 0.15) is 0 Å². The van der Waals surface area contributed by atoms with Gasteiger partial charge in [-0.2, -0.15) is 0 Å². The number of hydrogen-bond acceptors (Lipinski definition) is 4. The second-order valence-corrected chi connectivity index (χ2v) is 5.98. The number of pyridine rings is 1. The zero-order valence-electron chi connectivity index (χ0n) is 12.4. The van der Waals surface area contributed by atoms with Gasteiger partial charge in [-0.1, -0.05) is 6.07 Å². The number of carbonyl (C=O) groups excluding carboxylic acids is 1. The van der Waals surface area contributed by atoms with Crippen LogP contribution in [-0.2, 0) is 11.3 Å². The molecule has 0 bridgehead atoms. The largest absolute Gasteiger partial charge is 0.333 e. The van der Waals surface area contributed by atoms with E-state index in [1.165, 1.54) is 0 Å². The number of aromatic nitrogens is 1. The molecule has 0 aromatic carbocycles. The fourth-order valence-electron chi connectivity index (χ4n) is 3.06. The third-order valence-corrected chi connectivity index (χ3v) is 4.46. The van der Waals surface area contributed by atoms with Crippen LogP contribution in [0.5, 0.6) is 0 Å². The van der Waals surface area contributed by atoms with Crippen molar-refractivity contribution in [2.75, 3.05) is 26.2 Å². The van der Waals surface area contributed by atoms with E-state index in [1.54, 1.807) is 6.20 Å². The third kappa shape index (κ3) is 3.60. The number of amides is 1. The summed E-state index contributed by atoms with van der Waals surface area (Å²) in [7, 11) is 0. The summed E-state index contributed by atoms with van der Waals surface area (Å²) in [6.45, 7) is 4.35. The molecule has 0 spiro atoms. The Morgan fingerprint density at radius 3 is 2.86 bits per heavy atom. The fourth-order valence-corrected chi connectivity index (χ4v) is 3.06. The minimum atomic E-state index is 0.157. The molecule has 3 rings (SSSR count). The normalized spacial score (nSPS) is 23.1. The first-order valence-electron chi connectivity index (χ1n) is 7.96. The molecule has 1 atom stereocenters. The lowest BCUT2D eigenvalue weighted by atomic mass is 9.98. The predicted octanol–water partition coefficient (Wildman–Crippen LogP) is 0.772. The van der Waals surface area contributed by atoms with Crippen molar-refractivity contribution >= 4 is 5.91 Å². The van der Waals surface area contributed by atoms with Crippen molar-refractivity contribution < 1.29 is 4.79 Å². The summed E-state index contributed by atoms with van der Waals surface area (Å²) in [6.07, 6.45) is 5.07. The zero-order valence-corrected chi connectivity index (χ0v) is 12.4. The summed E-state index contributed by atoms with van der Waals surface area (Å²) >= 11 is 0. The van der Waals surface area contributed by atoms with Crippen molar-refractivity contribution in [1.82, 2.24) is 20.5 Å². The van der Waals surface area contributed by atoms with Crippen LogP contribution in [0.15, 0.2) is 24.4 Å². The van der Waals surface area contributed by atoms with Crippen LogP contribution < -0.4 is 10.6 Å². The summed E-state index contributed by atoms with van der Waals surface area (Å²) in [5.41, 5.74) is 0.982. The van der Waals surface area contributed by atoms with Crippen molar-refractivity contribution in [1.29, 1.82) is 0 Å². The van der Waals surface area contributed by atoms with Crippen LogP contribution in [0.25, 0.3) is 0 Å². The van der Waals surface area contributed by atoms with Crippen LogP contribution in [0.4, 0.5) is 0 Å².